The maximum atomic E-state index is 13.3. The van der Waals surface area contributed by atoms with Gasteiger partial charge in [0.05, 0.1) is 22.3 Å². The van der Waals surface area contributed by atoms with Crippen LogP contribution in [0.3, 0.4) is 0 Å². The molecule has 1 amide bonds. The molecule has 0 atom stereocenters. The van der Waals surface area contributed by atoms with E-state index in [-0.39, 0.29) is 22.4 Å². The molecule has 1 aromatic heterocycles. The molecule has 0 aliphatic heterocycles. The molecule has 30 heavy (non-hydrogen) atoms. The van der Waals surface area contributed by atoms with Gasteiger partial charge in [0.2, 0.25) is 0 Å². The summed E-state index contributed by atoms with van der Waals surface area (Å²) in [6.07, 6.45) is -0.246. The van der Waals surface area contributed by atoms with Gasteiger partial charge in [0, 0.05) is 12.6 Å². The first kappa shape index (κ1) is 22.3. The van der Waals surface area contributed by atoms with Crippen molar-refractivity contribution >= 4 is 23.3 Å². The summed E-state index contributed by atoms with van der Waals surface area (Å²) in [5.74, 6) is 0.0299. The van der Waals surface area contributed by atoms with E-state index in [0.29, 0.717) is 36.7 Å². The molecule has 2 N–H and O–H groups in total. The number of carbonyl (C=O) groups is 1. The second-order valence-electron chi connectivity index (χ2n) is 7.58. The van der Waals surface area contributed by atoms with Gasteiger partial charge in [-0.25, -0.2) is 9.37 Å². The Bertz CT molecular complexity index is 912. The number of hydrogen-bond donors (Lipinski definition) is 2. The third-order valence-electron chi connectivity index (χ3n) is 5.34. The lowest BCUT2D eigenvalue weighted by Gasteiger charge is -2.29. The van der Waals surface area contributed by atoms with Crippen LogP contribution in [0.2, 0.25) is 5.02 Å². The Balaban J connectivity index is 1.51. The van der Waals surface area contributed by atoms with Gasteiger partial charge in [-0.1, -0.05) is 11.6 Å². The van der Waals surface area contributed by atoms with E-state index in [1.165, 1.54) is 6.20 Å². The van der Waals surface area contributed by atoms with E-state index >= 15 is 0 Å². The SMILES string of the molecule is Cc1cc(NCC2CCC(NC(=O)c3cc(C(F)(F)F)ccc3Cl)CC2)ncc1F. The Hall–Kier alpha value is -2.35. The molecule has 1 fully saturated rings. The molecule has 1 heterocycles. The lowest BCUT2D eigenvalue weighted by Crippen LogP contribution is -2.38. The van der Waals surface area contributed by atoms with Gasteiger partial charge in [-0.15, -0.1) is 0 Å². The number of aromatic nitrogens is 1. The monoisotopic (exact) mass is 443 g/mol. The Kier molecular flexibility index (Phi) is 6.85. The first-order valence-corrected chi connectivity index (χ1v) is 10.0. The molecule has 0 unspecified atom stereocenters. The maximum absolute atomic E-state index is 13.3. The van der Waals surface area contributed by atoms with Gasteiger partial charge in [-0.3, -0.25) is 4.79 Å². The standard InChI is InChI=1S/C21H22ClF4N3O/c1-12-8-19(28-11-18(12)23)27-10-13-2-5-15(6-3-13)29-20(30)16-9-14(21(24,25)26)4-7-17(16)22/h4,7-9,11,13,15H,2-3,5-6,10H2,1H3,(H,27,28)(H,29,30). The highest BCUT2D eigenvalue weighted by Gasteiger charge is 2.32. The number of nitrogens with one attached hydrogen (secondary N) is 2. The van der Waals surface area contributed by atoms with Gasteiger partial charge >= 0.3 is 6.18 Å². The number of anilines is 1. The minimum absolute atomic E-state index is 0.0134. The quantitative estimate of drug-likeness (QED) is 0.591. The largest absolute Gasteiger partial charge is 0.416 e. The van der Waals surface area contributed by atoms with Gasteiger partial charge in [-0.05, 0) is 68.4 Å². The number of hydrogen-bond acceptors (Lipinski definition) is 3. The van der Waals surface area contributed by atoms with Crippen molar-refractivity contribution in [2.24, 2.45) is 5.92 Å². The Morgan fingerprint density at radius 2 is 1.90 bits per heavy atom. The van der Waals surface area contributed by atoms with Crippen molar-refractivity contribution in [2.45, 2.75) is 44.8 Å². The lowest BCUT2D eigenvalue weighted by atomic mass is 9.86. The van der Waals surface area contributed by atoms with Crippen LogP contribution in [0.25, 0.3) is 0 Å². The first-order chi connectivity index (χ1) is 14.1. The van der Waals surface area contributed by atoms with Crippen molar-refractivity contribution in [1.82, 2.24) is 10.3 Å². The molecule has 0 saturated heterocycles. The number of pyridine rings is 1. The summed E-state index contributed by atoms with van der Waals surface area (Å²) in [6, 6.07) is 4.26. The van der Waals surface area contributed by atoms with Gasteiger partial charge in [0.25, 0.3) is 5.91 Å². The highest BCUT2D eigenvalue weighted by molar-refractivity contribution is 6.33. The first-order valence-electron chi connectivity index (χ1n) is 9.67. The normalized spacial score (nSPS) is 19.4. The minimum Gasteiger partial charge on any atom is -0.370 e. The second kappa shape index (κ2) is 9.20. The van der Waals surface area contributed by atoms with Crippen LogP contribution >= 0.6 is 11.6 Å². The maximum Gasteiger partial charge on any atom is 0.416 e. The molecule has 0 spiro atoms. The highest BCUT2D eigenvalue weighted by atomic mass is 35.5. The van der Waals surface area contributed by atoms with Crippen LogP contribution in [0, 0.1) is 18.7 Å². The van der Waals surface area contributed by atoms with Crippen molar-refractivity contribution < 1.29 is 22.4 Å². The molecular formula is C21H22ClF4N3O. The molecule has 9 heteroatoms. The van der Waals surface area contributed by atoms with E-state index in [0.717, 1.165) is 31.0 Å². The highest BCUT2D eigenvalue weighted by Crippen LogP contribution is 2.32. The molecule has 0 bridgehead atoms. The fourth-order valence-corrected chi connectivity index (χ4v) is 3.74. The number of nitrogens with zero attached hydrogens (tertiary/aromatic N) is 1. The summed E-state index contributed by atoms with van der Waals surface area (Å²) < 4.78 is 52.0. The van der Waals surface area contributed by atoms with E-state index < -0.39 is 17.6 Å². The van der Waals surface area contributed by atoms with Gasteiger partial charge in [0.15, 0.2) is 0 Å². The number of aryl methyl sites for hydroxylation is 1. The molecular weight excluding hydrogens is 422 g/mol. The number of carbonyl (C=O) groups excluding carboxylic acids is 1. The number of rotatable bonds is 5. The summed E-state index contributed by atoms with van der Waals surface area (Å²) in [4.78, 5) is 16.5. The van der Waals surface area contributed by atoms with Crippen molar-refractivity contribution in [2.75, 3.05) is 11.9 Å². The zero-order chi connectivity index (χ0) is 21.9. The van der Waals surface area contributed by atoms with Crippen molar-refractivity contribution in [3.8, 4) is 0 Å². The molecule has 162 valence electrons. The van der Waals surface area contributed by atoms with Crippen LogP contribution in [0.1, 0.15) is 47.2 Å². The Labute approximate surface area is 177 Å². The summed E-state index contributed by atoms with van der Waals surface area (Å²) >= 11 is 5.94. The van der Waals surface area contributed by atoms with Gasteiger partial charge in [0.1, 0.15) is 11.6 Å². The summed E-state index contributed by atoms with van der Waals surface area (Å²) in [7, 11) is 0. The molecule has 1 aliphatic rings. The molecule has 1 saturated carbocycles. The zero-order valence-corrected chi connectivity index (χ0v) is 17.1. The number of halogens is 5. The smallest absolute Gasteiger partial charge is 0.370 e. The third-order valence-corrected chi connectivity index (χ3v) is 5.67. The van der Waals surface area contributed by atoms with E-state index in [1.54, 1.807) is 13.0 Å². The molecule has 1 aromatic carbocycles. The summed E-state index contributed by atoms with van der Waals surface area (Å²) in [5.41, 5.74) is -0.559. The number of alkyl halides is 3. The van der Waals surface area contributed by atoms with E-state index in [4.69, 9.17) is 11.6 Å². The second-order valence-corrected chi connectivity index (χ2v) is 7.99. The third kappa shape index (κ3) is 5.62. The van der Waals surface area contributed by atoms with Crippen LogP contribution in [0.5, 0.6) is 0 Å². The minimum atomic E-state index is -4.54. The molecule has 0 radical (unpaired) electrons. The molecule has 2 aromatic rings. The summed E-state index contributed by atoms with van der Waals surface area (Å²) in [6.45, 7) is 2.35. The van der Waals surface area contributed by atoms with E-state index in [9.17, 15) is 22.4 Å². The van der Waals surface area contributed by atoms with Crippen molar-refractivity contribution in [3.05, 3.63) is 58.0 Å². The van der Waals surface area contributed by atoms with Gasteiger partial charge < -0.3 is 10.6 Å². The zero-order valence-electron chi connectivity index (χ0n) is 16.3. The average molecular weight is 444 g/mol. The predicted octanol–water partition coefficient (Wildman–Crippen LogP) is 5.60. The van der Waals surface area contributed by atoms with Crippen molar-refractivity contribution in [1.29, 1.82) is 0 Å². The fraction of sp³-hybridized carbons (Fsp3) is 0.429. The van der Waals surface area contributed by atoms with Crippen LogP contribution < -0.4 is 10.6 Å². The van der Waals surface area contributed by atoms with E-state index in [2.05, 4.69) is 15.6 Å². The van der Waals surface area contributed by atoms with Crippen LogP contribution in [-0.4, -0.2) is 23.5 Å². The molecule has 1 aliphatic carbocycles. The number of benzene rings is 1. The molecule has 4 nitrogen and oxygen atoms in total. The van der Waals surface area contributed by atoms with Crippen LogP contribution in [-0.2, 0) is 6.18 Å². The number of amides is 1. The van der Waals surface area contributed by atoms with Crippen LogP contribution in [0.15, 0.2) is 30.5 Å². The van der Waals surface area contributed by atoms with E-state index in [1.807, 2.05) is 0 Å². The fourth-order valence-electron chi connectivity index (χ4n) is 3.53. The summed E-state index contributed by atoms with van der Waals surface area (Å²) in [5, 5.41) is 5.99. The Morgan fingerprint density at radius 3 is 2.53 bits per heavy atom. The topological polar surface area (TPSA) is 54.0 Å². The predicted molar refractivity (Wildman–Crippen MR) is 107 cm³/mol. The van der Waals surface area contributed by atoms with Crippen LogP contribution in [0.4, 0.5) is 23.4 Å². The van der Waals surface area contributed by atoms with Gasteiger partial charge in [-0.2, -0.15) is 13.2 Å². The average Bonchev–Trinajstić information content (AvgIpc) is 2.69. The lowest BCUT2D eigenvalue weighted by molar-refractivity contribution is -0.137. The molecule has 3 rings (SSSR count). The van der Waals surface area contributed by atoms with Crippen molar-refractivity contribution in [3.63, 3.8) is 0 Å². The Morgan fingerprint density at radius 1 is 1.20 bits per heavy atom.